The third-order valence-corrected chi connectivity index (χ3v) is 5.12. The molecule has 0 fully saturated rings. The molecule has 28 heavy (non-hydrogen) atoms. The number of aromatic nitrogens is 3. The third kappa shape index (κ3) is 3.40. The fraction of sp³-hybridized carbons (Fsp3) is 0.136. The monoisotopic (exact) mass is 386 g/mol. The number of ether oxygens (including phenoxy) is 1. The maximum absolute atomic E-state index is 9.41. The average Bonchev–Trinajstić information content (AvgIpc) is 3.28. The van der Waals surface area contributed by atoms with E-state index in [-0.39, 0.29) is 6.42 Å². The van der Waals surface area contributed by atoms with Crippen LogP contribution in [0.25, 0.3) is 27.5 Å². The van der Waals surface area contributed by atoms with E-state index in [4.69, 9.17) is 9.72 Å². The molecule has 0 spiro atoms. The Morgan fingerprint density at radius 2 is 1.93 bits per heavy atom. The Morgan fingerprint density at radius 3 is 2.61 bits per heavy atom. The molecule has 0 saturated carbocycles. The summed E-state index contributed by atoms with van der Waals surface area (Å²) in [7, 11) is 0. The van der Waals surface area contributed by atoms with Crippen molar-refractivity contribution in [1.29, 1.82) is 5.26 Å². The molecule has 3 aromatic heterocycles. The zero-order valence-electron chi connectivity index (χ0n) is 15.4. The zero-order valence-corrected chi connectivity index (χ0v) is 16.2. The minimum absolute atomic E-state index is 0.277. The first kappa shape index (κ1) is 18.0. The maximum atomic E-state index is 9.41. The quantitative estimate of drug-likeness (QED) is 0.430. The van der Waals surface area contributed by atoms with Crippen LogP contribution >= 0.6 is 11.3 Å². The molecule has 0 aliphatic heterocycles. The molecular formula is C22H18N4OS. The van der Waals surface area contributed by atoms with Crippen LogP contribution in [0.4, 0.5) is 0 Å². The van der Waals surface area contributed by atoms with Crippen LogP contribution < -0.4 is 4.74 Å². The van der Waals surface area contributed by atoms with Gasteiger partial charge in [-0.3, -0.25) is 9.38 Å². The molecule has 0 unspecified atom stereocenters. The van der Waals surface area contributed by atoms with Gasteiger partial charge in [0.15, 0.2) is 4.96 Å². The van der Waals surface area contributed by atoms with Gasteiger partial charge in [-0.2, -0.15) is 5.26 Å². The number of nitrogens with zero attached hydrogens (tertiary/aromatic N) is 4. The number of thiazole rings is 1. The first-order valence-corrected chi connectivity index (χ1v) is 9.69. The summed E-state index contributed by atoms with van der Waals surface area (Å²) in [5, 5.41) is 11.5. The van der Waals surface area contributed by atoms with Gasteiger partial charge in [0.2, 0.25) is 0 Å². The van der Waals surface area contributed by atoms with E-state index < -0.39 is 0 Å². The number of pyridine rings is 1. The second kappa shape index (κ2) is 7.67. The number of benzene rings is 1. The first-order chi connectivity index (χ1) is 13.7. The fourth-order valence-electron chi connectivity index (χ4n) is 3.02. The smallest absolute Gasteiger partial charge is 0.194 e. The molecule has 1 aromatic carbocycles. The Labute approximate surface area is 167 Å². The summed E-state index contributed by atoms with van der Waals surface area (Å²) in [6.07, 6.45) is 3.81. The molecule has 0 amide bonds. The van der Waals surface area contributed by atoms with Gasteiger partial charge >= 0.3 is 0 Å². The van der Waals surface area contributed by atoms with Gasteiger partial charge < -0.3 is 4.74 Å². The van der Waals surface area contributed by atoms with Gasteiger partial charge in [-0.05, 0) is 48.9 Å². The van der Waals surface area contributed by atoms with Crippen molar-refractivity contribution in [3.05, 3.63) is 72.0 Å². The van der Waals surface area contributed by atoms with Crippen molar-refractivity contribution in [3.8, 4) is 34.3 Å². The van der Waals surface area contributed by atoms with Crippen LogP contribution in [0.15, 0.2) is 66.3 Å². The molecule has 5 nitrogen and oxygen atoms in total. The third-order valence-electron chi connectivity index (χ3n) is 4.29. The lowest BCUT2D eigenvalue weighted by molar-refractivity contribution is 0.353. The molecule has 0 saturated heterocycles. The highest BCUT2D eigenvalue weighted by atomic mass is 32.1. The summed E-state index contributed by atoms with van der Waals surface area (Å²) in [5.74, 6) is 0.784. The van der Waals surface area contributed by atoms with Crippen LogP contribution in [-0.2, 0) is 6.42 Å². The predicted octanol–water partition coefficient (Wildman–Crippen LogP) is 5.15. The molecule has 0 bridgehead atoms. The lowest BCUT2D eigenvalue weighted by Crippen LogP contribution is -1.97. The van der Waals surface area contributed by atoms with Gasteiger partial charge in [0.1, 0.15) is 12.4 Å². The van der Waals surface area contributed by atoms with E-state index in [0.717, 1.165) is 44.5 Å². The Bertz CT molecular complexity index is 1170. The number of nitriles is 1. The number of hydrogen-bond donors (Lipinski definition) is 0. The summed E-state index contributed by atoms with van der Waals surface area (Å²) in [5.41, 5.74) is 5.72. The Kier molecular flexibility index (Phi) is 4.92. The summed E-state index contributed by atoms with van der Waals surface area (Å²) in [4.78, 5) is 9.77. The molecule has 0 aliphatic carbocycles. The van der Waals surface area contributed by atoms with Gasteiger partial charge in [0.25, 0.3) is 0 Å². The molecule has 3 heterocycles. The van der Waals surface area contributed by atoms with Gasteiger partial charge in [-0.25, -0.2) is 4.98 Å². The Balaban J connectivity index is 1.77. The second-order valence-electron chi connectivity index (χ2n) is 6.49. The molecule has 4 aromatic rings. The second-order valence-corrected chi connectivity index (χ2v) is 7.32. The highest BCUT2D eigenvalue weighted by Crippen LogP contribution is 2.33. The molecule has 4 rings (SSSR count). The minimum Gasteiger partial charge on any atom is -0.489 e. The van der Waals surface area contributed by atoms with Crippen molar-refractivity contribution < 1.29 is 4.74 Å². The highest BCUT2D eigenvalue weighted by molar-refractivity contribution is 7.15. The molecule has 138 valence electrons. The Morgan fingerprint density at radius 1 is 1.18 bits per heavy atom. The fourth-order valence-corrected chi connectivity index (χ4v) is 3.94. The lowest BCUT2D eigenvalue weighted by atomic mass is 10.1. The summed E-state index contributed by atoms with van der Waals surface area (Å²) in [6.45, 7) is 6.27. The van der Waals surface area contributed by atoms with E-state index in [1.54, 1.807) is 23.7 Å². The summed E-state index contributed by atoms with van der Waals surface area (Å²) in [6, 6.07) is 14.0. The number of imidazole rings is 1. The van der Waals surface area contributed by atoms with Gasteiger partial charge in [0, 0.05) is 28.9 Å². The number of rotatable bonds is 6. The standard InChI is InChI=1S/C22H18N4OS/c1-15(2)13-27-18-5-3-17(4-6-18)21-19(7-10-23)26-20(14-28-22(26)25-21)16-8-11-24-12-9-16/h3-6,8-9,11-12,14H,1,7,13H2,2H3. The molecule has 0 radical (unpaired) electrons. The van der Waals surface area contributed by atoms with E-state index >= 15 is 0 Å². The van der Waals surface area contributed by atoms with E-state index in [2.05, 4.69) is 27.4 Å². The molecule has 0 atom stereocenters. The minimum atomic E-state index is 0.277. The van der Waals surface area contributed by atoms with E-state index in [1.807, 2.05) is 43.3 Å². The first-order valence-electron chi connectivity index (χ1n) is 8.81. The topological polar surface area (TPSA) is 63.2 Å². The normalized spacial score (nSPS) is 10.7. The molecular weight excluding hydrogens is 368 g/mol. The Hall–Kier alpha value is -3.43. The van der Waals surface area contributed by atoms with Gasteiger partial charge in [-0.15, -0.1) is 11.3 Å². The van der Waals surface area contributed by atoms with Crippen LogP contribution in [0.3, 0.4) is 0 Å². The van der Waals surface area contributed by atoms with Crippen molar-refractivity contribution in [2.75, 3.05) is 6.61 Å². The predicted molar refractivity (Wildman–Crippen MR) is 111 cm³/mol. The highest BCUT2D eigenvalue weighted by Gasteiger charge is 2.18. The summed E-state index contributed by atoms with van der Waals surface area (Å²) >= 11 is 1.57. The zero-order chi connectivity index (χ0) is 19.5. The van der Waals surface area contributed by atoms with Crippen LogP contribution in [0.2, 0.25) is 0 Å². The van der Waals surface area contributed by atoms with Crippen LogP contribution in [0.5, 0.6) is 5.75 Å². The van der Waals surface area contributed by atoms with E-state index in [0.29, 0.717) is 6.61 Å². The van der Waals surface area contributed by atoms with Crippen molar-refractivity contribution in [3.63, 3.8) is 0 Å². The van der Waals surface area contributed by atoms with Crippen molar-refractivity contribution in [1.82, 2.24) is 14.4 Å². The van der Waals surface area contributed by atoms with Crippen LogP contribution in [0, 0.1) is 11.3 Å². The number of hydrogen-bond acceptors (Lipinski definition) is 5. The summed E-state index contributed by atoms with van der Waals surface area (Å²) < 4.78 is 7.75. The molecule has 0 N–H and O–H groups in total. The van der Waals surface area contributed by atoms with Crippen molar-refractivity contribution in [2.45, 2.75) is 13.3 Å². The van der Waals surface area contributed by atoms with E-state index in [9.17, 15) is 5.26 Å². The van der Waals surface area contributed by atoms with Gasteiger partial charge in [0.05, 0.1) is 29.6 Å². The van der Waals surface area contributed by atoms with Crippen LogP contribution in [-0.4, -0.2) is 21.0 Å². The number of fused-ring (bicyclic) bond motifs is 1. The maximum Gasteiger partial charge on any atom is 0.194 e. The largest absolute Gasteiger partial charge is 0.489 e. The SMILES string of the molecule is C=C(C)COc1ccc(-c2nc3scc(-c4ccncc4)n3c2CC#N)cc1. The molecule has 6 heteroatoms. The average molecular weight is 386 g/mol. The molecule has 0 aliphatic rings. The van der Waals surface area contributed by atoms with Crippen molar-refractivity contribution in [2.24, 2.45) is 0 Å². The van der Waals surface area contributed by atoms with Crippen molar-refractivity contribution >= 4 is 16.3 Å². The lowest BCUT2D eigenvalue weighted by Gasteiger charge is -2.07. The van der Waals surface area contributed by atoms with Crippen LogP contribution in [0.1, 0.15) is 12.6 Å². The van der Waals surface area contributed by atoms with Gasteiger partial charge in [-0.1, -0.05) is 6.58 Å². The van der Waals surface area contributed by atoms with E-state index in [1.165, 1.54) is 0 Å².